The van der Waals surface area contributed by atoms with Crippen LogP contribution in [0.3, 0.4) is 0 Å². The van der Waals surface area contributed by atoms with Crippen LogP contribution in [0.4, 0.5) is 0 Å². The van der Waals surface area contributed by atoms with Gasteiger partial charge in [0.15, 0.2) is 0 Å². The summed E-state index contributed by atoms with van der Waals surface area (Å²) in [5.41, 5.74) is 4.53. The van der Waals surface area contributed by atoms with Crippen molar-refractivity contribution in [1.82, 2.24) is 5.32 Å². The van der Waals surface area contributed by atoms with Gasteiger partial charge in [0.1, 0.15) is 0 Å². The normalized spacial score (nSPS) is 22.0. The molecule has 0 spiro atoms. The summed E-state index contributed by atoms with van der Waals surface area (Å²) in [4.78, 5) is 0. The minimum Gasteiger partial charge on any atom is -0.381 e. The summed E-state index contributed by atoms with van der Waals surface area (Å²) < 4.78 is 5.64. The third kappa shape index (κ3) is 2.18. The highest BCUT2D eigenvalue weighted by Gasteiger charge is 2.28. The third-order valence-electron chi connectivity index (χ3n) is 5.11. The largest absolute Gasteiger partial charge is 0.381 e. The van der Waals surface area contributed by atoms with Gasteiger partial charge in [0.25, 0.3) is 0 Å². The predicted molar refractivity (Wildman–Crippen MR) is 86.7 cm³/mol. The molecule has 2 aromatic rings. The second kappa shape index (κ2) is 5.43. The summed E-state index contributed by atoms with van der Waals surface area (Å²) in [5.74, 6) is 0.600. The zero-order valence-corrected chi connectivity index (χ0v) is 12.7. The first-order chi connectivity index (χ1) is 10.4. The molecule has 1 aliphatic heterocycles. The molecule has 1 N–H and O–H groups in total. The highest BCUT2D eigenvalue weighted by Crippen LogP contribution is 2.38. The van der Waals surface area contributed by atoms with E-state index in [0.717, 1.165) is 19.8 Å². The van der Waals surface area contributed by atoms with Crippen LogP contribution in [0.5, 0.6) is 0 Å². The van der Waals surface area contributed by atoms with Crippen LogP contribution in [0.1, 0.15) is 36.1 Å². The molecule has 0 saturated carbocycles. The Morgan fingerprint density at radius 2 is 2.05 bits per heavy atom. The van der Waals surface area contributed by atoms with E-state index in [1.165, 1.54) is 46.7 Å². The predicted octanol–water partition coefficient (Wildman–Crippen LogP) is 3.63. The molecule has 0 amide bonds. The van der Waals surface area contributed by atoms with Crippen molar-refractivity contribution in [3.05, 3.63) is 47.0 Å². The van der Waals surface area contributed by atoms with Gasteiger partial charge in [-0.2, -0.15) is 0 Å². The fourth-order valence-electron chi connectivity index (χ4n) is 4.11. The van der Waals surface area contributed by atoms with Gasteiger partial charge >= 0.3 is 0 Å². The number of hydrogen-bond donors (Lipinski definition) is 1. The fourth-order valence-corrected chi connectivity index (χ4v) is 4.11. The molecule has 2 nitrogen and oxygen atoms in total. The molecule has 2 heteroatoms. The first kappa shape index (κ1) is 13.3. The standard InChI is InChI=1S/C19H23NO/c1-2-20-19(15-10-11-21-12-15)17-9-8-14-7-6-13-4-3-5-16(17)18(13)14/h3-5,8-9,15,19-20H,2,6-7,10-12H2,1H3. The zero-order chi connectivity index (χ0) is 14.2. The molecule has 0 radical (unpaired) electrons. The maximum Gasteiger partial charge on any atom is 0.0513 e. The van der Waals surface area contributed by atoms with Crippen molar-refractivity contribution in [3.63, 3.8) is 0 Å². The lowest BCUT2D eigenvalue weighted by Crippen LogP contribution is -2.28. The average Bonchev–Trinajstić information content (AvgIpc) is 3.17. The SMILES string of the molecule is CCNC(c1ccc2c3c(cccc13)CC2)C1CCOC1. The first-order valence-corrected chi connectivity index (χ1v) is 8.23. The van der Waals surface area contributed by atoms with Crippen molar-refractivity contribution >= 4 is 10.8 Å². The van der Waals surface area contributed by atoms with Gasteiger partial charge in [-0.05, 0) is 53.3 Å². The quantitative estimate of drug-likeness (QED) is 0.924. The molecule has 2 aromatic carbocycles. The molecule has 2 aliphatic rings. The van der Waals surface area contributed by atoms with Crippen LogP contribution in [0.25, 0.3) is 10.8 Å². The van der Waals surface area contributed by atoms with Crippen molar-refractivity contribution in [1.29, 1.82) is 0 Å². The molecule has 21 heavy (non-hydrogen) atoms. The summed E-state index contributed by atoms with van der Waals surface area (Å²) in [6.07, 6.45) is 3.57. The van der Waals surface area contributed by atoms with E-state index in [4.69, 9.17) is 4.74 Å². The van der Waals surface area contributed by atoms with Crippen LogP contribution >= 0.6 is 0 Å². The van der Waals surface area contributed by atoms with Crippen LogP contribution in [-0.2, 0) is 17.6 Å². The molecule has 2 atom stereocenters. The smallest absolute Gasteiger partial charge is 0.0513 e. The summed E-state index contributed by atoms with van der Waals surface area (Å²) in [5, 5.41) is 6.70. The number of rotatable bonds is 4. The lowest BCUT2D eigenvalue weighted by molar-refractivity contribution is 0.177. The summed E-state index contributed by atoms with van der Waals surface area (Å²) >= 11 is 0. The van der Waals surface area contributed by atoms with Crippen LogP contribution in [0.15, 0.2) is 30.3 Å². The first-order valence-electron chi connectivity index (χ1n) is 8.23. The van der Waals surface area contributed by atoms with Crippen molar-refractivity contribution in [2.75, 3.05) is 19.8 Å². The van der Waals surface area contributed by atoms with Crippen LogP contribution < -0.4 is 5.32 Å². The maximum absolute atomic E-state index is 5.64. The van der Waals surface area contributed by atoms with Crippen molar-refractivity contribution in [2.45, 2.75) is 32.2 Å². The number of hydrogen-bond acceptors (Lipinski definition) is 2. The molecule has 2 unspecified atom stereocenters. The van der Waals surface area contributed by atoms with Crippen molar-refractivity contribution in [2.24, 2.45) is 5.92 Å². The summed E-state index contributed by atoms with van der Waals surface area (Å²) in [6, 6.07) is 12.0. The Morgan fingerprint density at radius 3 is 2.81 bits per heavy atom. The Kier molecular flexibility index (Phi) is 3.44. The van der Waals surface area contributed by atoms with E-state index in [9.17, 15) is 0 Å². The molecule has 110 valence electrons. The summed E-state index contributed by atoms with van der Waals surface area (Å²) in [6.45, 7) is 5.00. The highest BCUT2D eigenvalue weighted by molar-refractivity contribution is 5.93. The van der Waals surface area contributed by atoms with E-state index in [1.54, 1.807) is 0 Å². The zero-order valence-electron chi connectivity index (χ0n) is 12.7. The Morgan fingerprint density at radius 1 is 1.19 bits per heavy atom. The van der Waals surface area contributed by atoms with Crippen LogP contribution in [-0.4, -0.2) is 19.8 Å². The molecule has 1 heterocycles. The van der Waals surface area contributed by atoms with E-state index in [1.807, 2.05) is 0 Å². The molecule has 1 fully saturated rings. The monoisotopic (exact) mass is 281 g/mol. The Balaban J connectivity index is 1.85. The topological polar surface area (TPSA) is 21.3 Å². The Labute approximate surface area is 126 Å². The molecule has 1 saturated heterocycles. The minimum absolute atomic E-state index is 0.419. The molecule has 0 bridgehead atoms. The van der Waals surface area contributed by atoms with Gasteiger partial charge in [-0.25, -0.2) is 0 Å². The minimum atomic E-state index is 0.419. The summed E-state index contributed by atoms with van der Waals surface area (Å²) in [7, 11) is 0. The Hall–Kier alpha value is -1.38. The van der Waals surface area contributed by atoms with Crippen molar-refractivity contribution in [3.8, 4) is 0 Å². The molecule has 0 aromatic heterocycles. The van der Waals surface area contributed by atoms with Gasteiger partial charge in [0.2, 0.25) is 0 Å². The van der Waals surface area contributed by atoms with Gasteiger partial charge in [-0.3, -0.25) is 0 Å². The van der Waals surface area contributed by atoms with E-state index in [2.05, 4.69) is 42.6 Å². The lowest BCUT2D eigenvalue weighted by atomic mass is 9.88. The second-order valence-electron chi connectivity index (χ2n) is 6.31. The number of benzene rings is 2. The van der Waals surface area contributed by atoms with Gasteiger partial charge in [0.05, 0.1) is 6.61 Å². The maximum atomic E-state index is 5.64. The van der Waals surface area contributed by atoms with E-state index in [0.29, 0.717) is 12.0 Å². The van der Waals surface area contributed by atoms with Crippen LogP contribution in [0, 0.1) is 5.92 Å². The third-order valence-corrected chi connectivity index (χ3v) is 5.11. The van der Waals surface area contributed by atoms with Crippen LogP contribution in [0.2, 0.25) is 0 Å². The Bertz CT molecular complexity index is 648. The molecule has 1 aliphatic carbocycles. The van der Waals surface area contributed by atoms with E-state index >= 15 is 0 Å². The number of nitrogens with one attached hydrogen (secondary N) is 1. The lowest BCUT2D eigenvalue weighted by Gasteiger charge is -2.25. The van der Waals surface area contributed by atoms with Gasteiger partial charge in [-0.1, -0.05) is 37.3 Å². The molecular weight excluding hydrogens is 258 g/mol. The van der Waals surface area contributed by atoms with E-state index in [-0.39, 0.29) is 0 Å². The molecule has 4 rings (SSSR count). The molecular formula is C19H23NO. The van der Waals surface area contributed by atoms with Gasteiger partial charge in [0, 0.05) is 18.6 Å². The van der Waals surface area contributed by atoms with Gasteiger partial charge < -0.3 is 10.1 Å². The highest BCUT2D eigenvalue weighted by atomic mass is 16.5. The number of aryl methyl sites for hydroxylation is 2. The second-order valence-corrected chi connectivity index (χ2v) is 6.31. The van der Waals surface area contributed by atoms with E-state index < -0.39 is 0 Å². The van der Waals surface area contributed by atoms with Crippen molar-refractivity contribution < 1.29 is 4.74 Å². The number of ether oxygens (including phenoxy) is 1. The van der Waals surface area contributed by atoms with Gasteiger partial charge in [-0.15, -0.1) is 0 Å². The average molecular weight is 281 g/mol. The fraction of sp³-hybridized carbons (Fsp3) is 0.474.